The van der Waals surface area contributed by atoms with Gasteiger partial charge in [-0.1, -0.05) is 13.5 Å². The Morgan fingerprint density at radius 2 is 2.17 bits per heavy atom. The van der Waals surface area contributed by atoms with E-state index in [4.69, 9.17) is 27.1 Å². The summed E-state index contributed by atoms with van der Waals surface area (Å²) in [5, 5.41) is 0. The molecule has 0 spiro atoms. The monoisotopic (exact) mass is 272 g/mol. The molecule has 0 aliphatic carbocycles. The van der Waals surface area contributed by atoms with Crippen molar-refractivity contribution in [1.29, 1.82) is 0 Å². The lowest BCUT2D eigenvalue weighted by Crippen LogP contribution is -2.52. The molecule has 1 aliphatic rings. The summed E-state index contributed by atoms with van der Waals surface area (Å²) in [6.07, 6.45) is 0.923. The normalized spacial score (nSPS) is 38.3. The Balaban J connectivity index is 3.00. The van der Waals surface area contributed by atoms with Gasteiger partial charge in [-0.3, -0.25) is 4.57 Å². The smallest absolute Gasteiger partial charge is 0.348 e. The summed E-state index contributed by atoms with van der Waals surface area (Å²) in [6, 6.07) is -0.717. The van der Waals surface area contributed by atoms with Gasteiger partial charge in [0.1, 0.15) is 7.85 Å². The van der Waals surface area contributed by atoms with Gasteiger partial charge < -0.3 is 19.3 Å². The molecule has 5 nitrogen and oxygen atoms in total. The Hall–Kier alpha value is -0.385. The third kappa shape index (κ3) is 3.34. The largest absolute Gasteiger partial charge is 0.375 e. The van der Waals surface area contributed by atoms with Gasteiger partial charge in [-0.25, -0.2) is 0 Å². The average molecular weight is 272 g/mol. The van der Waals surface area contributed by atoms with Crippen LogP contribution >= 0.6 is 7.60 Å². The lowest BCUT2D eigenvalue weighted by atomic mass is 9.74. The maximum Gasteiger partial charge on any atom is 0.348 e. The van der Waals surface area contributed by atoms with Gasteiger partial charge >= 0.3 is 7.60 Å². The second-order valence-corrected chi connectivity index (χ2v) is 6.10. The lowest BCUT2D eigenvalue weighted by Gasteiger charge is -2.46. The van der Waals surface area contributed by atoms with Crippen molar-refractivity contribution in [2.24, 2.45) is 5.92 Å². The van der Waals surface area contributed by atoms with Crippen LogP contribution in [0, 0.1) is 5.92 Å². The van der Waals surface area contributed by atoms with Gasteiger partial charge in [0, 0.05) is 24.8 Å². The number of hydrogen-bond acceptors (Lipinski definition) is 3. The van der Waals surface area contributed by atoms with Crippen LogP contribution in [0.1, 0.15) is 13.8 Å². The van der Waals surface area contributed by atoms with Crippen LogP contribution in [0.25, 0.3) is 0 Å². The van der Waals surface area contributed by atoms with E-state index in [1.807, 2.05) is 6.92 Å². The van der Waals surface area contributed by atoms with Crippen LogP contribution in [0.2, 0.25) is 0 Å². The van der Waals surface area contributed by atoms with Crippen molar-refractivity contribution >= 4 is 15.4 Å². The quantitative estimate of drug-likeness (QED) is 0.458. The second kappa shape index (κ2) is 5.31. The van der Waals surface area contributed by atoms with Gasteiger partial charge in [0.05, 0.1) is 11.7 Å². The van der Waals surface area contributed by atoms with Gasteiger partial charge in [0.15, 0.2) is 0 Å². The molecule has 100 valence electrons. The summed E-state index contributed by atoms with van der Waals surface area (Å²) in [5.41, 5.74) is -0.166. The van der Waals surface area contributed by atoms with Crippen molar-refractivity contribution in [3.05, 3.63) is 24.0 Å². The molecule has 1 unspecified atom stereocenters. The van der Waals surface area contributed by atoms with Crippen molar-refractivity contribution in [3.63, 3.8) is 0 Å². The summed E-state index contributed by atoms with van der Waals surface area (Å²) >= 11 is 0. The summed E-state index contributed by atoms with van der Waals surface area (Å²) < 4.78 is 21.7. The summed E-state index contributed by atoms with van der Waals surface area (Å²) in [5.74, 6) is 0.654. The first kappa shape index (κ1) is 15.7. The van der Waals surface area contributed by atoms with Gasteiger partial charge in [-0.05, 0) is 18.6 Å². The molecule has 1 saturated heterocycles. The first-order valence-electron chi connectivity index (χ1n) is 5.51. The summed E-state index contributed by atoms with van der Waals surface area (Å²) in [4.78, 5) is 17.7. The van der Waals surface area contributed by atoms with E-state index in [1.54, 1.807) is 6.92 Å². The van der Waals surface area contributed by atoms with Gasteiger partial charge in [0.2, 0.25) is 0 Å². The highest BCUT2D eigenvalue weighted by Crippen LogP contribution is 2.42. The van der Waals surface area contributed by atoms with Crippen LogP contribution in [0.4, 0.5) is 0 Å². The molecule has 1 fully saturated rings. The van der Waals surface area contributed by atoms with Crippen molar-refractivity contribution in [1.82, 2.24) is 0 Å². The highest BCUT2D eigenvalue weighted by atomic mass is 31.2. The van der Waals surface area contributed by atoms with E-state index >= 15 is 0 Å². The Kier molecular flexibility index (Phi) is 4.63. The Morgan fingerprint density at radius 3 is 2.61 bits per heavy atom. The fourth-order valence-corrected chi connectivity index (χ4v) is 2.49. The van der Waals surface area contributed by atoms with E-state index in [-0.39, 0.29) is 5.92 Å². The number of rotatable bonds is 3. The molecule has 0 aromatic carbocycles. The highest BCUT2D eigenvalue weighted by molar-refractivity contribution is 7.55. The molecule has 2 N–H and O–H groups in total. The number of ether oxygens (including phenoxy) is 2. The topological polar surface area (TPSA) is 76.0 Å². The molecule has 0 aromatic rings. The van der Waals surface area contributed by atoms with Crippen LogP contribution in [0.15, 0.2) is 24.0 Å². The highest BCUT2D eigenvalue weighted by Gasteiger charge is 2.43. The molecule has 7 heteroatoms. The minimum atomic E-state index is -4.23. The molecule has 0 aromatic heterocycles. The van der Waals surface area contributed by atoms with Gasteiger partial charge in [0.25, 0.3) is 0 Å². The molecule has 0 saturated carbocycles. The van der Waals surface area contributed by atoms with Crippen molar-refractivity contribution in [3.8, 4) is 0 Å². The number of methoxy groups -OCH3 is 1. The van der Waals surface area contributed by atoms with Crippen LogP contribution in [-0.4, -0.2) is 42.5 Å². The molecular weight excluding hydrogens is 254 g/mol. The zero-order valence-electron chi connectivity index (χ0n) is 10.7. The standard InChI is InChI=1S/C11H18BO5P/c1-7-8(2)11(3,5-6-18(13,14)15)17-10(12)9(7)16-4/h5-6,8-10H,1H2,2-4H3,(H2,13,14,15)/b6-5+/t8-,9+,10?,11+/m0/s1. The predicted molar refractivity (Wildman–Crippen MR) is 69.3 cm³/mol. The average Bonchev–Trinajstić information content (AvgIpc) is 2.23. The Labute approximate surface area is 108 Å². The van der Waals surface area contributed by atoms with Crippen molar-refractivity contribution in [2.45, 2.75) is 31.6 Å². The van der Waals surface area contributed by atoms with Crippen LogP contribution in [0.3, 0.4) is 0 Å². The molecule has 4 atom stereocenters. The summed E-state index contributed by atoms with van der Waals surface area (Å²) in [6.45, 7) is 7.49. The maximum atomic E-state index is 10.9. The molecular formula is C11H18BO5P. The maximum absolute atomic E-state index is 10.9. The molecule has 1 rings (SSSR count). The van der Waals surface area contributed by atoms with Gasteiger partial charge in [-0.2, -0.15) is 0 Å². The Bertz CT molecular complexity index is 404. The predicted octanol–water partition coefficient (Wildman–Crippen LogP) is 1.17. The van der Waals surface area contributed by atoms with E-state index in [0.717, 1.165) is 11.4 Å². The van der Waals surface area contributed by atoms with E-state index < -0.39 is 25.3 Å². The molecule has 1 heterocycles. The fourth-order valence-electron chi connectivity index (χ4n) is 2.00. The van der Waals surface area contributed by atoms with E-state index in [2.05, 4.69) is 6.58 Å². The third-order valence-electron chi connectivity index (χ3n) is 3.32. The minimum absolute atomic E-state index is 0.176. The van der Waals surface area contributed by atoms with Crippen LogP contribution in [0.5, 0.6) is 0 Å². The zero-order chi connectivity index (χ0) is 14.1. The second-order valence-electron chi connectivity index (χ2n) is 4.62. The SMILES string of the molecule is [B]C1O[C@](C)(/C=C/P(=O)(O)O)[C@@H](C)C(=C)[C@H]1OC. The van der Waals surface area contributed by atoms with Crippen molar-refractivity contribution in [2.75, 3.05) is 7.11 Å². The summed E-state index contributed by atoms with van der Waals surface area (Å²) in [7, 11) is 3.11. The van der Waals surface area contributed by atoms with E-state index in [9.17, 15) is 4.57 Å². The first-order chi connectivity index (χ1) is 8.10. The molecule has 18 heavy (non-hydrogen) atoms. The minimum Gasteiger partial charge on any atom is -0.375 e. The third-order valence-corrected chi connectivity index (χ3v) is 3.86. The lowest BCUT2D eigenvalue weighted by molar-refractivity contribution is -0.118. The van der Waals surface area contributed by atoms with Gasteiger partial charge in [-0.15, -0.1) is 0 Å². The number of hydrogen-bond donors (Lipinski definition) is 2. The zero-order valence-corrected chi connectivity index (χ0v) is 11.6. The van der Waals surface area contributed by atoms with Crippen LogP contribution in [-0.2, 0) is 14.0 Å². The molecule has 2 radical (unpaired) electrons. The molecule has 0 bridgehead atoms. The molecule has 1 aliphatic heterocycles. The fraction of sp³-hybridized carbons (Fsp3) is 0.636. The van der Waals surface area contributed by atoms with Crippen molar-refractivity contribution < 1.29 is 23.8 Å². The Morgan fingerprint density at radius 1 is 1.61 bits per heavy atom. The van der Waals surface area contributed by atoms with E-state index in [1.165, 1.54) is 13.2 Å². The first-order valence-corrected chi connectivity index (χ1v) is 7.19. The van der Waals surface area contributed by atoms with Crippen LogP contribution < -0.4 is 0 Å². The molecule has 0 amide bonds. The van der Waals surface area contributed by atoms with E-state index in [0.29, 0.717) is 0 Å².